The van der Waals surface area contributed by atoms with Crippen LogP contribution in [0.25, 0.3) is 5.65 Å². The molecule has 0 unspecified atom stereocenters. The third-order valence-corrected chi connectivity index (χ3v) is 3.14. The molecule has 18 heavy (non-hydrogen) atoms. The van der Waals surface area contributed by atoms with Gasteiger partial charge < -0.3 is 15.2 Å². The third kappa shape index (κ3) is 2.43. The summed E-state index contributed by atoms with van der Waals surface area (Å²) in [7, 11) is 0. The van der Waals surface area contributed by atoms with Crippen LogP contribution in [0.2, 0.25) is 0 Å². The van der Waals surface area contributed by atoms with Gasteiger partial charge in [0, 0.05) is 11.8 Å². The number of aliphatic carboxylic acids is 1. The summed E-state index contributed by atoms with van der Waals surface area (Å²) in [5, 5.41) is 19.5. The summed E-state index contributed by atoms with van der Waals surface area (Å²) in [5.74, 6) is -0.968. The molecule has 0 atom stereocenters. The topological polar surface area (TPSA) is 97.7 Å². The smallest absolute Gasteiger partial charge is 0.351 e. The quantitative estimate of drug-likeness (QED) is 0.652. The minimum absolute atomic E-state index is 0.106. The Hall–Kier alpha value is -2.09. The second kappa shape index (κ2) is 5.05. The number of hydrogen-bond acceptors (Lipinski definition) is 5. The lowest BCUT2D eigenvalue weighted by molar-refractivity contribution is -0.391. The molecule has 2 heterocycles. The van der Waals surface area contributed by atoms with Crippen LogP contribution in [0.15, 0.2) is 24.4 Å². The Bertz CT molecular complexity index is 610. The average Bonchev–Trinajstić information content (AvgIpc) is 2.66. The second-order valence-electron chi connectivity index (χ2n) is 3.45. The summed E-state index contributed by atoms with van der Waals surface area (Å²) >= 11 is 1.08. The Labute approximate surface area is 106 Å². The first-order chi connectivity index (χ1) is 8.59. The summed E-state index contributed by atoms with van der Waals surface area (Å²) in [6, 6.07) is 5.08. The number of thioether (sulfide) groups is 1. The normalized spacial score (nSPS) is 10.7. The van der Waals surface area contributed by atoms with Crippen LogP contribution in [-0.2, 0) is 10.5 Å². The van der Waals surface area contributed by atoms with Crippen LogP contribution in [0, 0.1) is 10.1 Å². The van der Waals surface area contributed by atoms with Crippen molar-refractivity contribution in [3.8, 4) is 0 Å². The van der Waals surface area contributed by atoms with Gasteiger partial charge in [-0.25, -0.2) is 4.98 Å². The minimum atomic E-state index is -0.952. The Morgan fingerprint density at radius 3 is 3.00 bits per heavy atom. The van der Waals surface area contributed by atoms with Crippen LogP contribution < -0.4 is 0 Å². The fourth-order valence-electron chi connectivity index (χ4n) is 1.56. The molecule has 0 aromatic carbocycles. The van der Waals surface area contributed by atoms with Gasteiger partial charge in [0.1, 0.15) is 5.69 Å². The number of hydrogen-bond donors (Lipinski definition) is 1. The average molecular weight is 267 g/mol. The maximum atomic E-state index is 11.0. The number of fused-ring (bicyclic) bond motifs is 1. The van der Waals surface area contributed by atoms with E-state index in [1.54, 1.807) is 24.4 Å². The molecule has 0 aliphatic carbocycles. The van der Waals surface area contributed by atoms with Gasteiger partial charge in [-0.3, -0.25) is 4.79 Å². The summed E-state index contributed by atoms with van der Waals surface area (Å²) in [6.07, 6.45) is 1.56. The van der Waals surface area contributed by atoms with Crippen molar-refractivity contribution < 1.29 is 14.8 Å². The van der Waals surface area contributed by atoms with Gasteiger partial charge in [-0.2, -0.15) is 4.40 Å². The molecule has 8 heteroatoms. The van der Waals surface area contributed by atoms with Crippen LogP contribution in [-0.4, -0.2) is 31.1 Å². The monoisotopic (exact) mass is 267 g/mol. The first kappa shape index (κ1) is 12.4. The van der Waals surface area contributed by atoms with E-state index >= 15 is 0 Å². The number of carbonyl (C=O) groups is 1. The molecule has 0 amide bonds. The summed E-state index contributed by atoms with van der Waals surface area (Å²) in [5.41, 5.74) is 0.771. The maximum absolute atomic E-state index is 11.0. The number of imidazole rings is 1. The van der Waals surface area contributed by atoms with E-state index in [2.05, 4.69) is 4.98 Å². The fraction of sp³-hybridized carbons (Fsp3) is 0.200. The van der Waals surface area contributed by atoms with E-state index in [0.717, 1.165) is 11.8 Å². The number of nitrogens with zero attached hydrogens (tertiary/aromatic N) is 3. The van der Waals surface area contributed by atoms with E-state index in [1.165, 1.54) is 4.40 Å². The fourth-order valence-corrected chi connectivity index (χ4v) is 2.22. The lowest BCUT2D eigenvalue weighted by atomic mass is 10.5. The summed E-state index contributed by atoms with van der Waals surface area (Å²) < 4.78 is 1.39. The number of pyridine rings is 1. The number of aromatic nitrogens is 2. The van der Waals surface area contributed by atoms with Crippen molar-refractivity contribution in [2.45, 2.75) is 5.75 Å². The molecule has 0 aliphatic heterocycles. The number of nitro groups is 1. The summed E-state index contributed by atoms with van der Waals surface area (Å²) in [6.45, 7) is 0. The number of carboxylic acid groups (broad SMARTS) is 1. The molecule has 0 saturated heterocycles. The van der Waals surface area contributed by atoms with Gasteiger partial charge in [-0.15, -0.1) is 11.8 Å². The SMILES string of the molecule is O=C(O)CSCc1nc2ccccn2c1[N+](=O)[O-]. The summed E-state index contributed by atoms with van der Waals surface area (Å²) in [4.78, 5) is 25.0. The van der Waals surface area contributed by atoms with Crippen molar-refractivity contribution in [2.75, 3.05) is 5.75 Å². The van der Waals surface area contributed by atoms with E-state index < -0.39 is 10.9 Å². The zero-order valence-electron chi connectivity index (χ0n) is 9.15. The Balaban J connectivity index is 2.34. The third-order valence-electron chi connectivity index (χ3n) is 2.21. The van der Waals surface area contributed by atoms with Crippen molar-refractivity contribution in [3.05, 3.63) is 40.2 Å². The molecule has 0 fully saturated rings. The first-order valence-corrected chi connectivity index (χ1v) is 6.15. The first-order valence-electron chi connectivity index (χ1n) is 4.99. The van der Waals surface area contributed by atoms with Crippen LogP contribution in [0.5, 0.6) is 0 Å². The van der Waals surface area contributed by atoms with Crippen molar-refractivity contribution in [2.24, 2.45) is 0 Å². The molecule has 94 valence electrons. The highest BCUT2D eigenvalue weighted by Gasteiger charge is 2.21. The molecule has 2 aromatic rings. The number of carboxylic acids is 1. The Morgan fingerprint density at radius 1 is 1.56 bits per heavy atom. The van der Waals surface area contributed by atoms with Gasteiger partial charge in [0.25, 0.3) is 0 Å². The molecule has 0 radical (unpaired) electrons. The van der Waals surface area contributed by atoms with E-state index in [1.807, 2.05) is 0 Å². The van der Waals surface area contributed by atoms with Crippen LogP contribution in [0.4, 0.5) is 5.82 Å². The van der Waals surface area contributed by atoms with Gasteiger partial charge >= 0.3 is 11.8 Å². The van der Waals surface area contributed by atoms with Crippen LogP contribution in [0.3, 0.4) is 0 Å². The van der Waals surface area contributed by atoms with Crippen molar-refractivity contribution in [1.82, 2.24) is 9.38 Å². The molecule has 7 nitrogen and oxygen atoms in total. The van der Waals surface area contributed by atoms with Crippen LogP contribution in [0.1, 0.15) is 5.69 Å². The van der Waals surface area contributed by atoms with Gasteiger partial charge in [0.15, 0.2) is 0 Å². The predicted octanol–water partition coefficient (Wildman–Crippen LogP) is 1.56. The molecule has 2 aromatic heterocycles. The van der Waals surface area contributed by atoms with Crippen molar-refractivity contribution in [3.63, 3.8) is 0 Å². The molecular formula is C10H9N3O4S. The van der Waals surface area contributed by atoms with E-state index in [4.69, 9.17) is 5.11 Å². The van der Waals surface area contributed by atoms with E-state index in [0.29, 0.717) is 5.65 Å². The molecule has 0 saturated carbocycles. The largest absolute Gasteiger partial charge is 0.481 e. The molecule has 0 aliphatic rings. The number of rotatable bonds is 5. The van der Waals surface area contributed by atoms with E-state index in [9.17, 15) is 14.9 Å². The van der Waals surface area contributed by atoms with Crippen molar-refractivity contribution in [1.29, 1.82) is 0 Å². The van der Waals surface area contributed by atoms with Gasteiger partial charge in [-0.05, 0) is 11.0 Å². The van der Waals surface area contributed by atoms with Crippen LogP contribution >= 0.6 is 11.8 Å². The highest BCUT2D eigenvalue weighted by atomic mass is 32.2. The lowest BCUT2D eigenvalue weighted by Crippen LogP contribution is -2.00. The molecule has 1 N–H and O–H groups in total. The Morgan fingerprint density at radius 2 is 2.33 bits per heavy atom. The van der Waals surface area contributed by atoms with E-state index in [-0.39, 0.29) is 23.0 Å². The lowest BCUT2D eigenvalue weighted by Gasteiger charge is -1.97. The predicted molar refractivity (Wildman–Crippen MR) is 65.6 cm³/mol. The van der Waals surface area contributed by atoms with Gasteiger partial charge in [0.2, 0.25) is 5.65 Å². The Kier molecular flexibility index (Phi) is 3.47. The van der Waals surface area contributed by atoms with Gasteiger partial charge in [-0.1, -0.05) is 6.07 Å². The zero-order valence-corrected chi connectivity index (χ0v) is 9.96. The maximum Gasteiger partial charge on any atom is 0.351 e. The molecular weight excluding hydrogens is 258 g/mol. The highest BCUT2D eigenvalue weighted by molar-refractivity contribution is 7.99. The minimum Gasteiger partial charge on any atom is -0.481 e. The van der Waals surface area contributed by atoms with Gasteiger partial charge in [0.05, 0.1) is 11.9 Å². The molecule has 2 rings (SSSR count). The highest BCUT2D eigenvalue weighted by Crippen LogP contribution is 2.24. The standard InChI is InChI=1S/C10H9N3O4S/c14-9(15)6-18-5-7-10(13(16)17)12-4-2-1-3-8(12)11-7/h1-4H,5-6H2,(H,14,15). The zero-order chi connectivity index (χ0) is 13.1. The molecule has 0 bridgehead atoms. The van der Waals surface area contributed by atoms with Crippen molar-refractivity contribution >= 4 is 29.2 Å². The molecule has 0 spiro atoms. The second-order valence-corrected chi connectivity index (χ2v) is 4.44.